The predicted molar refractivity (Wildman–Crippen MR) is 91.1 cm³/mol. The molecule has 3 fully saturated rings. The minimum atomic E-state index is -0.0361. The van der Waals surface area contributed by atoms with Gasteiger partial charge in [0, 0.05) is 18.1 Å². The minimum absolute atomic E-state index is 0.0361. The Morgan fingerprint density at radius 2 is 1.87 bits per heavy atom. The molecule has 2 aliphatic heterocycles. The van der Waals surface area contributed by atoms with Crippen LogP contribution in [0, 0.1) is 11.8 Å². The zero-order chi connectivity index (χ0) is 16.3. The van der Waals surface area contributed by atoms with Gasteiger partial charge < -0.3 is 15.8 Å². The average molecular weight is 323 g/mol. The topological polar surface area (TPSA) is 67.6 Å². The summed E-state index contributed by atoms with van der Waals surface area (Å²) in [5.41, 5.74) is 6.85. The van der Waals surface area contributed by atoms with Crippen molar-refractivity contribution in [3.8, 4) is 0 Å². The van der Waals surface area contributed by atoms with Gasteiger partial charge in [0.15, 0.2) is 0 Å². The minimum Gasteiger partial charge on any atom is -0.469 e. The second kappa shape index (κ2) is 7.49. The lowest BCUT2D eigenvalue weighted by Crippen LogP contribution is -2.71. The van der Waals surface area contributed by atoms with E-state index in [1.165, 1.54) is 39.2 Å². The van der Waals surface area contributed by atoms with E-state index < -0.39 is 0 Å². The second-order valence-electron chi connectivity index (χ2n) is 7.67. The van der Waals surface area contributed by atoms with Crippen molar-refractivity contribution >= 4 is 5.97 Å². The van der Waals surface area contributed by atoms with Gasteiger partial charge in [-0.3, -0.25) is 9.69 Å². The summed E-state index contributed by atoms with van der Waals surface area (Å²) in [5, 5.41) is 3.48. The smallest absolute Gasteiger partial charge is 0.308 e. The highest BCUT2D eigenvalue weighted by Crippen LogP contribution is 2.43. The van der Waals surface area contributed by atoms with E-state index in [0.717, 1.165) is 51.4 Å². The van der Waals surface area contributed by atoms with Gasteiger partial charge in [-0.2, -0.15) is 0 Å². The third-order valence-corrected chi connectivity index (χ3v) is 6.64. The summed E-state index contributed by atoms with van der Waals surface area (Å²) in [7, 11) is 1.50. The van der Waals surface area contributed by atoms with Gasteiger partial charge in [0.05, 0.1) is 13.0 Å². The summed E-state index contributed by atoms with van der Waals surface area (Å²) in [6.07, 6.45) is 9.72. The van der Waals surface area contributed by atoms with Crippen molar-refractivity contribution < 1.29 is 9.53 Å². The molecule has 2 unspecified atom stereocenters. The van der Waals surface area contributed by atoms with E-state index in [1.54, 1.807) is 0 Å². The lowest BCUT2D eigenvalue weighted by molar-refractivity contribution is -0.148. The first kappa shape index (κ1) is 17.2. The number of carbonyl (C=O) groups is 1. The zero-order valence-corrected chi connectivity index (χ0v) is 14.6. The number of methoxy groups -OCH3 is 1. The summed E-state index contributed by atoms with van der Waals surface area (Å²) in [6.45, 7) is 3.97. The number of rotatable bonds is 3. The fourth-order valence-electron chi connectivity index (χ4n) is 5.37. The van der Waals surface area contributed by atoms with Crippen molar-refractivity contribution in [3.63, 3.8) is 0 Å². The number of ether oxygens (including phenoxy) is 1. The van der Waals surface area contributed by atoms with E-state index in [2.05, 4.69) is 10.2 Å². The molecule has 3 aliphatic rings. The van der Waals surface area contributed by atoms with Crippen molar-refractivity contribution in [2.45, 2.75) is 62.9 Å². The standard InChI is InChI=1S/C18H33N3O2/c1-23-17(22)14-7-11-21(12-8-14)18(9-10-20-13-16(18)19)15-5-3-2-4-6-15/h14-16,20H,2-13,19H2,1H3. The largest absolute Gasteiger partial charge is 0.469 e. The van der Waals surface area contributed by atoms with Crippen molar-refractivity contribution in [3.05, 3.63) is 0 Å². The predicted octanol–water partition coefficient (Wildman–Crippen LogP) is 1.51. The van der Waals surface area contributed by atoms with Crippen LogP contribution in [0.4, 0.5) is 0 Å². The Bertz CT molecular complexity index is 403. The summed E-state index contributed by atoms with van der Waals surface area (Å²) >= 11 is 0. The van der Waals surface area contributed by atoms with E-state index in [4.69, 9.17) is 10.5 Å². The van der Waals surface area contributed by atoms with E-state index in [-0.39, 0.29) is 23.5 Å². The normalized spacial score (nSPS) is 35.1. The van der Waals surface area contributed by atoms with Gasteiger partial charge in [0.1, 0.15) is 0 Å². The maximum atomic E-state index is 11.8. The summed E-state index contributed by atoms with van der Waals surface area (Å²) in [5.74, 6) is 0.770. The number of nitrogens with two attached hydrogens (primary N) is 1. The number of hydrogen-bond acceptors (Lipinski definition) is 5. The van der Waals surface area contributed by atoms with Gasteiger partial charge in [0.2, 0.25) is 0 Å². The molecule has 0 aromatic heterocycles. The summed E-state index contributed by atoms with van der Waals surface area (Å²) in [6, 6.07) is 0.203. The Kier molecular flexibility index (Phi) is 5.60. The number of esters is 1. The Morgan fingerprint density at radius 1 is 1.17 bits per heavy atom. The van der Waals surface area contributed by atoms with Crippen LogP contribution in [0.2, 0.25) is 0 Å². The molecule has 5 heteroatoms. The van der Waals surface area contributed by atoms with Crippen LogP contribution in [-0.4, -0.2) is 55.7 Å². The first-order valence-electron chi connectivity index (χ1n) is 9.47. The van der Waals surface area contributed by atoms with Crippen LogP contribution in [0.1, 0.15) is 51.4 Å². The average Bonchev–Trinajstić information content (AvgIpc) is 2.62. The highest BCUT2D eigenvalue weighted by molar-refractivity contribution is 5.72. The van der Waals surface area contributed by atoms with Crippen molar-refractivity contribution in [1.82, 2.24) is 10.2 Å². The highest BCUT2D eigenvalue weighted by Gasteiger charge is 2.50. The fraction of sp³-hybridized carbons (Fsp3) is 0.944. The molecule has 23 heavy (non-hydrogen) atoms. The molecule has 0 spiro atoms. The maximum Gasteiger partial charge on any atom is 0.308 e. The summed E-state index contributed by atoms with van der Waals surface area (Å²) in [4.78, 5) is 14.5. The Labute approximate surface area is 140 Å². The van der Waals surface area contributed by atoms with E-state index in [0.29, 0.717) is 0 Å². The SMILES string of the molecule is COC(=O)C1CCN(C2(C3CCCCC3)CCNCC2N)CC1. The van der Waals surface area contributed by atoms with E-state index in [1.807, 2.05) is 0 Å². The Balaban J connectivity index is 1.75. The number of nitrogens with zero attached hydrogens (tertiary/aromatic N) is 1. The number of likely N-dealkylation sites (tertiary alicyclic amines) is 1. The second-order valence-corrected chi connectivity index (χ2v) is 7.67. The molecule has 3 rings (SSSR count). The van der Waals surface area contributed by atoms with Crippen LogP contribution < -0.4 is 11.1 Å². The molecule has 0 aromatic carbocycles. The number of piperidine rings is 2. The molecular weight excluding hydrogens is 290 g/mol. The van der Waals surface area contributed by atoms with Crippen LogP contribution >= 0.6 is 0 Å². The molecule has 2 heterocycles. The quantitative estimate of drug-likeness (QED) is 0.771. The Morgan fingerprint density at radius 3 is 2.48 bits per heavy atom. The first-order chi connectivity index (χ1) is 11.2. The first-order valence-corrected chi connectivity index (χ1v) is 9.47. The van der Waals surface area contributed by atoms with Crippen molar-refractivity contribution in [1.29, 1.82) is 0 Å². The summed E-state index contributed by atoms with van der Waals surface area (Å²) < 4.78 is 4.94. The van der Waals surface area contributed by atoms with E-state index in [9.17, 15) is 4.79 Å². The third kappa shape index (κ3) is 3.28. The van der Waals surface area contributed by atoms with Gasteiger partial charge in [-0.15, -0.1) is 0 Å². The van der Waals surface area contributed by atoms with Crippen molar-refractivity contribution in [2.75, 3.05) is 33.3 Å². The molecular formula is C18H33N3O2. The number of nitrogens with one attached hydrogen (secondary N) is 1. The number of hydrogen-bond donors (Lipinski definition) is 2. The Hall–Kier alpha value is -0.650. The van der Waals surface area contributed by atoms with Crippen LogP contribution in [0.15, 0.2) is 0 Å². The lowest BCUT2D eigenvalue weighted by atomic mass is 9.66. The monoisotopic (exact) mass is 323 g/mol. The molecule has 1 aliphatic carbocycles. The molecule has 5 nitrogen and oxygen atoms in total. The van der Waals surface area contributed by atoms with Gasteiger partial charge in [-0.25, -0.2) is 0 Å². The highest BCUT2D eigenvalue weighted by atomic mass is 16.5. The third-order valence-electron chi connectivity index (χ3n) is 6.64. The van der Waals surface area contributed by atoms with Crippen LogP contribution in [0.3, 0.4) is 0 Å². The van der Waals surface area contributed by atoms with Crippen LogP contribution in [-0.2, 0) is 9.53 Å². The van der Waals surface area contributed by atoms with Gasteiger partial charge in [0.25, 0.3) is 0 Å². The molecule has 0 radical (unpaired) electrons. The number of carbonyl (C=O) groups excluding carboxylic acids is 1. The lowest BCUT2D eigenvalue weighted by Gasteiger charge is -2.57. The molecule has 3 N–H and O–H groups in total. The molecule has 0 aromatic rings. The maximum absolute atomic E-state index is 11.8. The zero-order valence-electron chi connectivity index (χ0n) is 14.6. The molecule has 2 atom stereocenters. The van der Waals surface area contributed by atoms with Gasteiger partial charge >= 0.3 is 5.97 Å². The van der Waals surface area contributed by atoms with Crippen LogP contribution in [0.25, 0.3) is 0 Å². The fourth-order valence-corrected chi connectivity index (χ4v) is 5.37. The molecule has 2 saturated heterocycles. The van der Waals surface area contributed by atoms with Gasteiger partial charge in [-0.05, 0) is 57.7 Å². The van der Waals surface area contributed by atoms with Gasteiger partial charge in [-0.1, -0.05) is 19.3 Å². The van der Waals surface area contributed by atoms with Crippen molar-refractivity contribution in [2.24, 2.45) is 17.6 Å². The van der Waals surface area contributed by atoms with Crippen LogP contribution in [0.5, 0.6) is 0 Å². The van der Waals surface area contributed by atoms with E-state index >= 15 is 0 Å². The molecule has 0 bridgehead atoms. The molecule has 1 saturated carbocycles. The molecule has 0 amide bonds. The molecule has 132 valence electrons.